The molecule has 1 fully saturated rings. The Hall–Kier alpha value is -2.67. The summed E-state index contributed by atoms with van der Waals surface area (Å²) in [7, 11) is -3.80. The summed E-state index contributed by atoms with van der Waals surface area (Å²) in [4.78, 5) is 15.9. The molecule has 10 heteroatoms. The highest BCUT2D eigenvalue weighted by Gasteiger charge is 2.24. The van der Waals surface area contributed by atoms with Crippen LogP contribution in [0.15, 0.2) is 47.4 Å². The van der Waals surface area contributed by atoms with Crippen molar-refractivity contribution in [3.05, 3.63) is 58.9 Å². The number of amides is 1. The Morgan fingerprint density at radius 2 is 1.83 bits per heavy atom. The average Bonchev–Trinajstić information content (AvgIpc) is 2.73. The Bertz CT molecular complexity index is 1080. The quantitative estimate of drug-likeness (QED) is 0.729. The van der Waals surface area contributed by atoms with Crippen molar-refractivity contribution in [2.24, 2.45) is 0 Å². The molecular weight excluding hydrogens is 431 g/mol. The maximum Gasteiger partial charge on any atom is 0.242 e. The van der Waals surface area contributed by atoms with Crippen LogP contribution < -0.4 is 9.62 Å². The minimum Gasteiger partial charge on any atom is -0.367 e. The number of anilines is 1. The molecule has 0 unspecified atom stereocenters. The molecule has 0 saturated carbocycles. The van der Waals surface area contributed by atoms with Crippen molar-refractivity contribution >= 4 is 33.2 Å². The first kappa shape index (κ1) is 22.0. The number of nitriles is 1. The van der Waals surface area contributed by atoms with Crippen molar-refractivity contribution in [3.63, 3.8) is 0 Å². The van der Waals surface area contributed by atoms with Gasteiger partial charge in [0.15, 0.2) is 0 Å². The van der Waals surface area contributed by atoms with E-state index in [9.17, 15) is 22.9 Å². The monoisotopic (exact) mass is 450 g/mol. The van der Waals surface area contributed by atoms with Crippen LogP contribution in [0.25, 0.3) is 0 Å². The number of rotatable bonds is 6. The van der Waals surface area contributed by atoms with Crippen LogP contribution >= 0.6 is 11.6 Å². The standard InChI is InChI=1S/C20H20ClFN4O3S/c21-16-4-1-2-7-19(16)30(28,29)24-9-8-20(27)26-12-10-25(11-13-26)18-6-3-5-17(22)15(18)14-23/h1-7,24H,8-13H2. The van der Waals surface area contributed by atoms with Gasteiger partial charge in [0.1, 0.15) is 22.3 Å². The molecule has 3 rings (SSSR count). The van der Waals surface area contributed by atoms with E-state index in [0.29, 0.717) is 31.9 Å². The highest BCUT2D eigenvalue weighted by atomic mass is 35.5. The second-order valence-electron chi connectivity index (χ2n) is 6.69. The number of carbonyl (C=O) groups excluding carboxylic acids is 1. The minimum atomic E-state index is -3.80. The van der Waals surface area contributed by atoms with Crippen molar-refractivity contribution in [3.8, 4) is 6.07 Å². The van der Waals surface area contributed by atoms with E-state index in [0.717, 1.165) is 0 Å². The molecule has 7 nitrogen and oxygen atoms in total. The molecule has 158 valence electrons. The molecule has 1 saturated heterocycles. The van der Waals surface area contributed by atoms with Gasteiger partial charge in [0.05, 0.1) is 10.7 Å². The van der Waals surface area contributed by atoms with E-state index in [1.165, 1.54) is 18.2 Å². The van der Waals surface area contributed by atoms with Gasteiger partial charge in [-0.1, -0.05) is 29.8 Å². The van der Waals surface area contributed by atoms with Crippen molar-refractivity contribution in [2.45, 2.75) is 11.3 Å². The summed E-state index contributed by atoms with van der Waals surface area (Å²) < 4.78 is 40.8. The molecule has 1 N–H and O–H groups in total. The van der Waals surface area contributed by atoms with E-state index in [1.807, 2.05) is 11.0 Å². The third-order valence-corrected chi connectivity index (χ3v) is 6.79. The van der Waals surface area contributed by atoms with E-state index in [1.54, 1.807) is 29.2 Å². The SMILES string of the molecule is N#Cc1c(F)cccc1N1CCN(C(=O)CCNS(=O)(=O)c2ccccc2Cl)CC1. The van der Waals surface area contributed by atoms with Crippen molar-refractivity contribution in [1.29, 1.82) is 5.26 Å². The fourth-order valence-electron chi connectivity index (χ4n) is 3.27. The maximum atomic E-state index is 13.8. The van der Waals surface area contributed by atoms with Crippen LogP contribution in [0.5, 0.6) is 0 Å². The first-order valence-corrected chi connectivity index (χ1v) is 11.1. The van der Waals surface area contributed by atoms with E-state index in [2.05, 4.69) is 4.72 Å². The smallest absolute Gasteiger partial charge is 0.242 e. The van der Waals surface area contributed by atoms with Gasteiger partial charge in [-0.2, -0.15) is 5.26 Å². The lowest BCUT2D eigenvalue weighted by atomic mass is 10.1. The molecule has 2 aromatic carbocycles. The van der Waals surface area contributed by atoms with Crippen molar-refractivity contribution < 1.29 is 17.6 Å². The Balaban J connectivity index is 1.52. The summed E-state index contributed by atoms with van der Waals surface area (Å²) in [5.74, 6) is -0.754. The van der Waals surface area contributed by atoms with Gasteiger partial charge in [-0.15, -0.1) is 0 Å². The van der Waals surface area contributed by atoms with Crippen LogP contribution in [-0.4, -0.2) is 51.9 Å². The molecule has 1 aliphatic rings. The topological polar surface area (TPSA) is 93.5 Å². The number of carbonyl (C=O) groups is 1. The van der Waals surface area contributed by atoms with Crippen LogP contribution in [0.4, 0.5) is 10.1 Å². The number of halogens is 2. The molecular formula is C20H20ClFN4O3S. The third kappa shape index (κ3) is 4.90. The normalized spacial score (nSPS) is 14.4. The number of nitrogens with zero attached hydrogens (tertiary/aromatic N) is 3. The van der Waals surface area contributed by atoms with E-state index >= 15 is 0 Å². The number of hydrogen-bond acceptors (Lipinski definition) is 5. The number of sulfonamides is 1. The van der Waals surface area contributed by atoms with E-state index in [4.69, 9.17) is 11.6 Å². The Morgan fingerprint density at radius 1 is 1.13 bits per heavy atom. The van der Waals surface area contributed by atoms with Gasteiger partial charge >= 0.3 is 0 Å². The van der Waals surface area contributed by atoms with Crippen LogP contribution in [0, 0.1) is 17.1 Å². The predicted octanol–water partition coefficient (Wildman–Crippen LogP) is 2.37. The molecule has 0 bridgehead atoms. The highest BCUT2D eigenvalue weighted by Crippen LogP contribution is 2.24. The molecule has 2 aromatic rings. The summed E-state index contributed by atoms with van der Waals surface area (Å²) >= 11 is 5.92. The molecule has 0 aliphatic carbocycles. The van der Waals surface area contributed by atoms with Gasteiger partial charge in [0, 0.05) is 39.1 Å². The lowest BCUT2D eigenvalue weighted by Crippen LogP contribution is -2.49. The fraction of sp³-hybridized carbons (Fsp3) is 0.300. The highest BCUT2D eigenvalue weighted by molar-refractivity contribution is 7.89. The molecule has 0 aromatic heterocycles. The lowest BCUT2D eigenvalue weighted by molar-refractivity contribution is -0.131. The summed E-state index contributed by atoms with van der Waals surface area (Å²) in [5.41, 5.74) is 0.503. The molecule has 1 heterocycles. The first-order valence-electron chi connectivity index (χ1n) is 9.29. The number of benzene rings is 2. The van der Waals surface area contributed by atoms with Crippen molar-refractivity contribution in [2.75, 3.05) is 37.6 Å². The fourth-order valence-corrected chi connectivity index (χ4v) is 4.82. The molecule has 30 heavy (non-hydrogen) atoms. The number of nitrogens with one attached hydrogen (secondary N) is 1. The van der Waals surface area contributed by atoms with Gasteiger partial charge in [-0.05, 0) is 24.3 Å². The van der Waals surface area contributed by atoms with E-state index in [-0.39, 0.29) is 34.4 Å². The second-order valence-corrected chi connectivity index (χ2v) is 8.83. The molecule has 1 aliphatic heterocycles. The third-order valence-electron chi connectivity index (χ3n) is 4.83. The zero-order chi connectivity index (χ0) is 21.7. The number of hydrogen-bond donors (Lipinski definition) is 1. The van der Waals surface area contributed by atoms with Gasteiger partial charge in [0.25, 0.3) is 0 Å². The number of piperazine rings is 1. The van der Waals surface area contributed by atoms with Crippen LogP contribution in [0.1, 0.15) is 12.0 Å². The lowest BCUT2D eigenvalue weighted by Gasteiger charge is -2.36. The van der Waals surface area contributed by atoms with Gasteiger partial charge < -0.3 is 9.80 Å². The zero-order valence-corrected chi connectivity index (χ0v) is 17.6. The summed E-state index contributed by atoms with van der Waals surface area (Å²) in [6.45, 7) is 1.66. The van der Waals surface area contributed by atoms with Gasteiger partial charge in [-0.25, -0.2) is 17.5 Å². The van der Waals surface area contributed by atoms with Gasteiger partial charge in [-0.3, -0.25) is 4.79 Å². The van der Waals surface area contributed by atoms with Gasteiger partial charge in [0.2, 0.25) is 15.9 Å². The first-order chi connectivity index (χ1) is 14.3. The average molecular weight is 451 g/mol. The summed E-state index contributed by atoms with van der Waals surface area (Å²) in [5, 5.41) is 9.30. The molecule has 0 atom stereocenters. The Kier molecular flexibility index (Phi) is 6.92. The van der Waals surface area contributed by atoms with E-state index < -0.39 is 15.8 Å². The Morgan fingerprint density at radius 3 is 2.50 bits per heavy atom. The Labute approximate surface area is 179 Å². The van der Waals surface area contributed by atoms with Crippen LogP contribution in [0.3, 0.4) is 0 Å². The summed E-state index contributed by atoms with van der Waals surface area (Å²) in [6, 6.07) is 12.4. The van der Waals surface area contributed by atoms with Crippen LogP contribution in [-0.2, 0) is 14.8 Å². The van der Waals surface area contributed by atoms with Crippen LogP contribution in [0.2, 0.25) is 5.02 Å². The minimum absolute atomic E-state index is 0.00704. The van der Waals surface area contributed by atoms with Crippen molar-refractivity contribution in [1.82, 2.24) is 9.62 Å². The second kappa shape index (κ2) is 9.43. The maximum absolute atomic E-state index is 13.8. The predicted molar refractivity (Wildman–Crippen MR) is 111 cm³/mol. The zero-order valence-electron chi connectivity index (χ0n) is 16.0. The largest absolute Gasteiger partial charge is 0.367 e. The molecule has 1 amide bonds. The molecule has 0 spiro atoms. The molecule has 0 radical (unpaired) electrons. The summed E-state index contributed by atoms with van der Waals surface area (Å²) in [6.07, 6.45) is 0.00704.